The predicted molar refractivity (Wildman–Crippen MR) is 110 cm³/mol. The van der Waals surface area contributed by atoms with Crippen molar-refractivity contribution in [2.24, 2.45) is 5.92 Å². The van der Waals surface area contributed by atoms with E-state index in [1.807, 2.05) is 0 Å². The van der Waals surface area contributed by atoms with Gasteiger partial charge in [-0.25, -0.2) is 13.2 Å². The number of piperidine rings is 1. The van der Waals surface area contributed by atoms with Crippen molar-refractivity contribution in [3.8, 4) is 0 Å². The third-order valence-electron chi connectivity index (χ3n) is 5.54. The van der Waals surface area contributed by atoms with Crippen LogP contribution in [0.2, 0.25) is 0 Å². The lowest BCUT2D eigenvalue weighted by Crippen LogP contribution is -2.42. The highest BCUT2D eigenvalue weighted by molar-refractivity contribution is 7.92. The fourth-order valence-electron chi connectivity index (χ4n) is 3.68. The molecular formula is C19H31N5O3S. The van der Waals surface area contributed by atoms with Gasteiger partial charge in [0.25, 0.3) is 0 Å². The van der Waals surface area contributed by atoms with Gasteiger partial charge < -0.3 is 15.5 Å². The number of hydrogen-bond acceptors (Lipinski definition) is 6. The minimum Gasteiger partial charge on any atom is -0.337 e. The number of anilines is 1. The molecule has 0 spiro atoms. The quantitative estimate of drug-likeness (QED) is 0.563. The van der Waals surface area contributed by atoms with Crippen LogP contribution in [0.15, 0.2) is 29.2 Å². The number of nitrogens with zero attached hydrogens (tertiary/aromatic N) is 1. The lowest BCUT2D eigenvalue weighted by molar-refractivity contribution is 0.186. The molecular weight excluding hydrogens is 378 g/mol. The molecule has 0 saturated carbocycles. The average Bonchev–Trinajstić information content (AvgIpc) is 3.20. The Morgan fingerprint density at radius 1 is 1.14 bits per heavy atom. The molecule has 2 fully saturated rings. The summed E-state index contributed by atoms with van der Waals surface area (Å²) in [5.41, 5.74) is 6.62. The minimum absolute atomic E-state index is 0.288. The highest BCUT2D eigenvalue weighted by Crippen LogP contribution is 2.26. The first kappa shape index (κ1) is 21.0. The van der Waals surface area contributed by atoms with Crippen molar-refractivity contribution in [3.05, 3.63) is 24.3 Å². The maximum absolute atomic E-state index is 12.9. The molecule has 2 saturated heterocycles. The smallest absolute Gasteiger partial charge is 0.319 e. The minimum atomic E-state index is -3.35. The van der Waals surface area contributed by atoms with Gasteiger partial charge in [0.05, 0.1) is 10.1 Å². The number of likely N-dealkylation sites (tertiary alicyclic amines) is 1. The summed E-state index contributed by atoms with van der Waals surface area (Å²) in [6.07, 6.45) is 1.32. The molecule has 2 amide bonds. The van der Waals surface area contributed by atoms with E-state index in [4.69, 9.17) is 0 Å². The SMILES string of the molecule is CC(C)N1CCC(S(=O)(=O)c2ccc(NC(=O)NCC3CNNC3)cc2)CC1. The maximum atomic E-state index is 12.9. The number of rotatable bonds is 6. The lowest BCUT2D eigenvalue weighted by Gasteiger charge is -2.34. The number of benzene rings is 1. The van der Waals surface area contributed by atoms with Crippen LogP contribution in [-0.4, -0.2) is 63.4 Å². The normalized spacial score (nSPS) is 19.8. The van der Waals surface area contributed by atoms with Crippen molar-refractivity contribution in [2.45, 2.75) is 42.9 Å². The van der Waals surface area contributed by atoms with Crippen LogP contribution in [-0.2, 0) is 9.84 Å². The van der Waals surface area contributed by atoms with Crippen LogP contribution in [0, 0.1) is 5.92 Å². The Balaban J connectivity index is 1.53. The summed E-state index contributed by atoms with van der Waals surface area (Å²) in [6.45, 7) is 8.12. The Bertz CT molecular complexity index is 752. The van der Waals surface area contributed by atoms with E-state index in [0.29, 0.717) is 41.9 Å². The third kappa shape index (κ3) is 5.22. The molecule has 0 radical (unpaired) electrons. The standard InChI is InChI=1S/C19H31N5O3S/c1-14(2)24-9-7-18(8-10-24)28(26,27)17-5-3-16(4-6-17)23-19(25)20-11-15-12-21-22-13-15/h3-6,14-15,18,21-22H,7-13H2,1-2H3,(H2,20,23,25). The number of carbonyl (C=O) groups is 1. The number of nitrogens with one attached hydrogen (secondary N) is 4. The van der Waals surface area contributed by atoms with Crippen LogP contribution in [0.5, 0.6) is 0 Å². The zero-order chi connectivity index (χ0) is 20.1. The van der Waals surface area contributed by atoms with E-state index in [-0.39, 0.29) is 11.3 Å². The number of hydrogen-bond donors (Lipinski definition) is 4. The van der Waals surface area contributed by atoms with E-state index in [9.17, 15) is 13.2 Å². The number of hydrazine groups is 1. The largest absolute Gasteiger partial charge is 0.337 e. The fourth-order valence-corrected chi connectivity index (χ4v) is 5.42. The summed E-state index contributed by atoms with van der Waals surface area (Å²) in [5, 5.41) is 5.24. The van der Waals surface area contributed by atoms with Gasteiger partial charge in [-0.05, 0) is 64.0 Å². The van der Waals surface area contributed by atoms with Crippen LogP contribution < -0.4 is 21.5 Å². The first-order valence-electron chi connectivity index (χ1n) is 9.95. The average molecular weight is 410 g/mol. The van der Waals surface area contributed by atoms with Crippen molar-refractivity contribution in [2.75, 3.05) is 38.0 Å². The molecule has 3 rings (SSSR count). The van der Waals surface area contributed by atoms with Crippen LogP contribution in [0.4, 0.5) is 10.5 Å². The van der Waals surface area contributed by atoms with Crippen LogP contribution >= 0.6 is 0 Å². The van der Waals surface area contributed by atoms with Crippen molar-refractivity contribution < 1.29 is 13.2 Å². The van der Waals surface area contributed by atoms with Crippen molar-refractivity contribution in [3.63, 3.8) is 0 Å². The molecule has 2 heterocycles. The van der Waals surface area contributed by atoms with Crippen molar-refractivity contribution in [1.82, 2.24) is 21.1 Å². The van der Waals surface area contributed by atoms with Gasteiger partial charge in [-0.3, -0.25) is 10.9 Å². The van der Waals surface area contributed by atoms with Gasteiger partial charge in [-0.1, -0.05) is 0 Å². The first-order chi connectivity index (χ1) is 13.4. The molecule has 0 atom stereocenters. The second-order valence-electron chi connectivity index (χ2n) is 7.86. The van der Waals surface area contributed by atoms with E-state index in [0.717, 1.165) is 26.2 Å². The molecule has 8 nitrogen and oxygen atoms in total. The molecule has 156 valence electrons. The Kier molecular flexibility index (Phi) is 6.92. The van der Waals surface area contributed by atoms with E-state index in [1.54, 1.807) is 24.3 Å². The monoisotopic (exact) mass is 409 g/mol. The maximum Gasteiger partial charge on any atom is 0.319 e. The summed E-state index contributed by atoms with van der Waals surface area (Å²) in [5.74, 6) is 0.361. The first-order valence-corrected chi connectivity index (χ1v) is 11.5. The summed E-state index contributed by atoms with van der Waals surface area (Å²) in [6, 6.07) is 6.63. The van der Waals surface area contributed by atoms with Gasteiger partial charge in [0.1, 0.15) is 0 Å². The molecule has 28 heavy (non-hydrogen) atoms. The van der Waals surface area contributed by atoms with Crippen molar-refractivity contribution >= 4 is 21.6 Å². The van der Waals surface area contributed by atoms with Gasteiger partial charge >= 0.3 is 6.03 Å². The topological polar surface area (TPSA) is 103 Å². The van der Waals surface area contributed by atoms with Gasteiger partial charge in [0.2, 0.25) is 0 Å². The molecule has 2 aliphatic heterocycles. The molecule has 1 aromatic carbocycles. The summed E-state index contributed by atoms with van der Waals surface area (Å²) in [4.78, 5) is 14.6. The fraction of sp³-hybridized carbons (Fsp3) is 0.632. The Labute approximate surface area is 167 Å². The lowest BCUT2D eigenvalue weighted by atomic mass is 10.1. The molecule has 0 aliphatic carbocycles. The van der Waals surface area contributed by atoms with E-state index >= 15 is 0 Å². The Morgan fingerprint density at radius 2 is 1.75 bits per heavy atom. The van der Waals surface area contributed by atoms with Crippen LogP contribution in [0.25, 0.3) is 0 Å². The zero-order valence-electron chi connectivity index (χ0n) is 16.6. The van der Waals surface area contributed by atoms with Crippen LogP contribution in [0.3, 0.4) is 0 Å². The van der Waals surface area contributed by atoms with Gasteiger partial charge in [0, 0.05) is 37.3 Å². The molecule has 9 heteroatoms. The third-order valence-corrected chi connectivity index (χ3v) is 7.82. The number of carbonyl (C=O) groups excluding carboxylic acids is 1. The Morgan fingerprint density at radius 3 is 2.32 bits per heavy atom. The second kappa shape index (κ2) is 9.21. The van der Waals surface area contributed by atoms with E-state index in [1.165, 1.54) is 0 Å². The predicted octanol–water partition coefficient (Wildman–Crippen LogP) is 1.18. The van der Waals surface area contributed by atoms with Gasteiger partial charge in [-0.2, -0.15) is 0 Å². The molecule has 0 unspecified atom stereocenters. The number of urea groups is 1. The second-order valence-corrected chi connectivity index (χ2v) is 10.1. The highest BCUT2D eigenvalue weighted by atomic mass is 32.2. The van der Waals surface area contributed by atoms with Gasteiger partial charge in [0.15, 0.2) is 9.84 Å². The van der Waals surface area contributed by atoms with E-state index < -0.39 is 9.84 Å². The molecule has 2 aliphatic rings. The number of sulfone groups is 1. The van der Waals surface area contributed by atoms with Crippen LogP contribution in [0.1, 0.15) is 26.7 Å². The molecule has 1 aromatic rings. The molecule has 0 bridgehead atoms. The highest BCUT2D eigenvalue weighted by Gasteiger charge is 2.31. The summed E-state index contributed by atoms with van der Waals surface area (Å²) < 4.78 is 25.8. The summed E-state index contributed by atoms with van der Waals surface area (Å²) >= 11 is 0. The zero-order valence-corrected chi connectivity index (χ0v) is 17.4. The Hall–Kier alpha value is -1.68. The number of amides is 2. The molecule has 4 N–H and O–H groups in total. The summed E-state index contributed by atoms with van der Waals surface area (Å²) in [7, 11) is -3.35. The van der Waals surface area contributed by atoms with E-state index in [2.05, 4.69) is 40.2 Å². The molecule has 0 aromatic heterocycles. The van der Waals surface area contributed by atoms with Gasteiger partial charge in [-0.15, -0.1) is 0 Å². The van der Waals surface area contributed by atoms with Crippen molar-refractivity contribution in [1.29, 1.82) is 0 Å².